The molecule has 1 heterocycles. The van der Waals surface area contributed by atoms with Gasteiger partial charge in [-0.3, -0.25) is 4.90 Å². The van der Waals surface area contributed by atoms with Crippen LogP contribution in [-0.2, 0) is 0 Å². The Morgan fingerprint density at radius 2 is 2.05 bits per heavy atom. The minimum Gasteiger partial charge on any atom is -0.506 e. The number of rotatable bonds is 4. The van der Waals surface area contributed by atoms with E-state index in [-0.39, 0.29) is 11.8 Å². The van der Waals surface area contributed by atoms with Crippen molar-refractivity contribution >= 4 is 11.6 Å². The first-order valence-corrected chi connectivity index (χ1v) is 8.10. The summed E-state index contributed by atoms with van der Waals surface area (Å²) in [5.74, 6) is 1.51. The van der Waals surface area contributed by atoms with Crippen molar-refractivity contribution in [1.82, 2.24) is 10.2 Å². The standard InChI is InChI=1S/C16H23ClN2O2/c1-21-13-6-5-12(17)16(20)14(13)15(11-3-2-4-11)19-9-7-18-8-10-19/h5-6,11,15,18,20H,2-4,7-10H2,1H3/t15-/m0/s1. The van der Waals surface area contributed by atoms with E-state index in [4.69, 9.17) is 16.3 Å². The van der Waals surface area contributed by atoms with Gasteiger partial charge in [0.05, 0.1) is 17.7 Å². The fraction of sp³-hybridized carbons (Fsp3) is 0.625. The Morgan fingerprint density at radius 3 is 2.62 bits per heavy atom. The molecule has 1 aromatic carbocycles. The number of methoxy groups -OCH3 is 1. The molecule has 2 N–H and O–H groups in total. The van der Waals surface area contributed by atoms with Gasteiger partial charge < -0.3 is 15.2 Å². The van der Waals surface area contributed by atoms with Gasteiger partial charge in [-0.25, -0.2) is 0 Å². The second-order valence-electron chi connectivity index (χ2n) is 5.93. The van der Waals surface area contributed by atoms with E-state index in [1.165, 1.54) is 19.3 Å². The number of phenolic OH excluding ortho intramolecular Hbond substituents is 1. The van der Waals surface area contributed by atoms with Crippen LogP contribution in [0.3, 0.4) is 0 Å². The molecule has 0 bridgehead atoms. The lowest BCUT2D eigenvalue weighted by atomic mass is 9.75. The molecule has 1 aliphatic heterocycles. The zero-order chi connectivity index (χ0) is 14.8. The Morgan fingerprint density at radius 1 is 1.33 bits per heavy atom. The third-order valence-corrected chi connectivity index (χ3v) is 5.09. The number of hydrogen-bond donors (Lipinski definition) is 2. The van der Waals surface area contributed by atoms with Crippen LogP contribution < -0.4 is 10.1 Å². The molecule has 4 nitrogen and oxygen atoms in total. The molecule has 5 heteroatoms. The molecule has 0 aromatic heterocycles. The molecule has 0 spiro atoms. The van der Waals surface area contributed by atoms with E-state index in [1.807, 2.05) is 6.07 Å². The van der Waals surface area contributed by atoms with Gasteiger partial charge in [-0.05, 0) is 30.9 Å². The van der Waals surface area contributed by atoms with Crippen LogP contribution in [0.15, 0.2) is 12.1 Å². The minimum atomic E-state index is 0.187. The summed E-state index contributed by atoms with van der Waals surface area (Å²) in [6.07, 6.45) is 3.70. The Labute approximate surface area is 131 Å². The molecule has 1 atom stereocenters. The molecule has 1 saturated heterocycles. The van der Waals surface area contributed by atoms with Gasteiger partial charge in [0, 0.05) is 32.2 Å². The highest BCUT2D eigenvalue weighted by atomic mass is 35.5. The maximum atomic E-state index is 10.5. The topological polar surface area (TPSA) is 44.7 Å². The van der Waals surface area contributed by atoms with Crippen LogP contribution in [0.1, 0.15) is 30.9 Å². The first-order chi connectivity index (χ1) is 10.2. The normalized spacial score (nSPS) is 21.8. The van der Waals surface area contributed by atoms with Crippen LogP contribution in [0.25, 0.3) is 0 Å². The van der Waals surface area contributed by atoms with Gasteiger partial charge in [-0.15, -0.1) is 0 Å². The molecule has 21 heavy (non-hydrogen) atoms. The van der Waals surface area contributed by atoms with Crippen LogP contribution in [0.4, 0.5) is 0 Å². The van der Waals surface area contributed by atoms with Crippen molar-refractivity contribution in [2.45, 2.75) is 25.3 Å². The van der Waals surface area contributed by atoms with Crippen molar-refractivity contribution in [3.63, 3.8) is 0 Å². The molecule has 2 aliphatic rings. The Balaban J connectivity index is 2.00. The van der Waals surface area contributed by atoms with E-state index >= 15 is 0 Å². The van der Waals surface area contributed by atoms with Crippen LogP contribution in [0, 0.1) is 5.92 Å². The number of hydrogen-bond acceptors (Lipinski definition) is 4. The quantitative estimate of drug-likeness (QED) is 0.897. The average molecular weight is 311 g/mol. The summed E-state index contributed by atoms with van der Waals surface area (Å²) in [4.78, 5) is 2.47. The molecular weight excluding hydrogens is 288 g/mol. The van der Waals surface area contributed by atoms with Crippen LogP contribution in [0.2, 0.25) is 5.02 Å². The zero-order valence-electron chi connectivity index (χ0n) is 12.4. The van der Waals surface area contributed by atoms with Crippen molar-refractivity contribution < 1.29 is 9.84 Å². The van der Waals surface area contributed by atoms with Crippen molar-refractivity contribution in [1.29, 1.82) is 0 Å². The Bertz CT molecular complexity index is 499. The number of aromatic hydroxyl groups is 1. The number of ether oxygens (including phenoxy) is 1. The minimum absolute atomic E-state index is 0.187. The van der Waals surface area contributed by atoms with Gasteiger partial charge in [-0.2, -0.15) is 0 Å². The fourth-order valence-corrected chi connectivity index (χ4v) is 3.62. The summed E-state index contributed by atoms with van der Waals surface area (Å²) in [6.45, 7) is 3.98. The van der Waals surface area contributed by atoms with Crippen molar-refractivity contribution in [3.05, 3.63) is 22.7 Å². The molecule has 1 aromatic rings. The summed E-state index contributed by atoms with van der Waals surface area (Å²) < 4.78 is 5.51. The molecule has 1 saturated carbocycles. The molecule has 0 radical (unpaired) electrons. The summed E-state index contributed by atoms with van der Waals surface area (Å²) in [6, 6.07) is 3.77. The SMILES string of the molecule is COc1ccc(Cl)c(O)c1[C@H](C1CCC1)N1CCNCC1. The number of nitrogens with one attached hydrogen (secondary N) is 1. The zero-order valence-corrected chi connectivity index (χ0v) is 13.2. The molecule has 0 unspecified atom stereocenters. The predicted octanol–water partition coefficient (Wildman–Crippen LogP) is 2.80. The molecule has 0 amide bonds. The average Bonchev–Trinajstić information content (AvgIpc) is 2.47. The van der Waals surface area contributed by atoms with Gasteiger partial charge >= 0.3 is 0 Å². The smallest absolute Gasteiger partial charge is 0.142 e. The van der Waals surface area contributed by atoms with Gasteiger partial charge in [0.1, 0.15) is 11.5 Å². The molecule has 1 aliphatic carbocycles. The van der Waals surface area contributed by atoms with Gasteiger partial charge in [0.15, 0.2) is 0 Å². The molecule has 3 rings (SSSR count). The van der Waals surface area contributed by atoms with E-state index in [0.717, 1.165) is 37.5 Å². The first-order valence-electron chi connectivity index (χ1n) is 7.72. The highest BCUT2D eigenvalue weighted by Gasteiger charge is 2.37. The summed E-state index contributed by atoms with van der Waals surface area (Å²) >= 11 is 6.16. The van der Waals surface area contributed by atoms with E-state index in [9.17, 15) is 5.11 Å². The van der Waals surface area contributed by atoms with Gasteiger partial charge in [0.25, 0.3) is 0 Å². The summed E-state index contributed by atoms with van der Waals surface area (Å²) in [5.41, 5.74) is 0.872. The van der Waals surface area contributed by atoms with Gasteiger partial charge in [0.2, 0.25) is 0 Å². The van der Waals surface area contributed by atoms with E-state index in [2.05, 4.69) is 10.2 Å². The number of benzene rings is 1. The van der Waals surface area contributed by atoms with Crippen LogP contribution in [-0.4, -0.2) is 43.3 Å². The lowest BCUT2D eigenvalue weighted by Crippen LogP contribution is -2.48. The third kappa shape index (κ3) is 2.85. The Hall–Kier alpha value is -0.970. The largest absolute Gasteiger partial charge is 0.506 e. The fourth-order valence-electron chi connectivity index (χ4n) is 3.46. The van der Waals surface area contributed by atoms with Crippen molar-refractivity contribution in [2.24, 2.45) is 5.92 Å². The van der Waals surface area contributed by atoms with Crippen LogP contribution in [0.5, 0.6) is 11.5 Å². The van der Waals surface area contributed by atoms with Crippen molar-refractivity contribution in [2.75, 3.05) is 33.3 Å². The van der Waals surface area contributed by atoms with E-state index < -0.39 is 0 Å². The maximum absolute atomic E-state index is 10.5. The number of piperazine rings is 1. The third-order valence-electron chi connectivity index (χ3n) is 4.78. The monoisotopic (exact) mass is 310 g/mol. The second kappa shape index (κ2) is 6.42. The summed E-state index contributed by atoms with van der Waals surface area (Å²) in [7, 11) is 1.65. The van der Waals surface area contributed by atoms with E-state index in [1.54, 1.807) is 13.2 Å². The number of halogens is 1. The molecule has 2 fully saturated rings. The lowest BCUT2D eigenvalue weighted by molar-refractivity contribution is 0.0800. The second-order valence-corrected chi connectivity index (χ2v) is 6.34. The number of phenols is 1. The van der Waals surface area contributed by atoms with E-state index in [0.29, 0.717) is 10.9 Å². The number of nitrogens with zero attached hydrogens (tertiary/aromatic N) is 1. The first kappa shape index (κ1) is 14.9. The predicted molar refractivity (Wildman–Crippen MR) is 84.2 cm³/mol. The highest BCUT2D eigenvalue weighted by Crippen LogP contribution is 2.49. The molecule has 116 valence electrons. The van der Waals surface area contributed by atoms with Crippen LogP contribution >= 0.6 is 11.6 Å². The maximum Gasteiger partial charge on any atom is 0.142 e. The highest BCUT2D eigenvalue weighted by molar-refractivity contribution is 6.32. The Kier molecular flexibility index (Phi) is 4.57. The lowest BCUT2D eigenvalue weighted by Gasteiger charge is -2.43. The summed E-state index contributed by atoms with van der Waals surface area (Å²) in [5, 5.41) is 14.3. The molecular formula is C16H23ClN2O2. The van der Waals surface area contributed by atoms with Crippen molar-refractivity contribution in [3.8, 4) is 11.5 Å². The van der Waals surface area contributed by atoms with Gasteiger partial charge in [-0.1, -0.05) is 18.0 Å².